The third-order valence-corrected chi connectivity index (χ3v) is 1.16. The Morgan fingerprint density at radius 3 is 2.12 bits per heavy atom. The van der Waals surface area contributed by atoms with E-state index in [9.17, 15) is 0 Å². The maximum atomic E-state index is 4.84. The summed E-state index contributed by atoms with van der Waals surface area (Å²) >= 11 is 0. The van der Waals surface area contributed by atoms with E-state index in [4.69, 9.17) is 9.47 Å². The monoisotopic (exact) mass is 321 g/mol. The number of ether oxygens (including phenoxy) is 2. The predicted octanol–water partition coefficient (Wildman–Crippen LogP) is -7.20. The number of halogens is 3. The standard InChI is InChI=1S/C5H11O2.C5H5.3ClH.Ti/c1-3-7-5-4-6-2;1-2-4-5-3-1;;;;/h1,3-5H2,2H3;1-3H,4H2;3*1H;/q2*-1;;;;+3/p-3. The van der Waals surface area contributed by atoms with Crippen LogP contribution >= 0.6 is 0 Å². The zero-order chi connectivity index (χ0) is 9.07. The van der Waals surface area contributed by atoms with Crippen molar-refractivity contribution in [3.05, 3.63) is 31.2 Å². The van der Waals surface area contributed by atoms with Gasteiger partial charge in [0, 0.05) is 7.11 Å². The molecule has 1 radical (unpaired) electrons. The molecule has 6 heteroatoms. The van der Waals surface area contributed by atoms with Crippen molar-refractivity contribution in [1.29, 1.82) is 0 Å². The molecular weight excluding hydrogens is 306 g/mol. The summed E-state index contributed by atoms with van der Waals surface area (Å²) in [6.45, 7) is 5.33. The molecule has 1 aliphatic carbocycles. The van der Waals surface area contributed by atoms with Gasteiger partial charge in [0.1, 0.15) is 0 Å². The Labute approximate surface area is 132 Å². The minimum absolute atomic E-state index is 0. The van der Waals surface area contributed by atoms with Crippen LogP contribution < -0.4 is 37.2 Å². The molecule has 1 rings (SSSR count). The van der Waals surface area contributed by atoms with Crippen LogP contribution in [-0.4, -0.2) is 26.9 Å². The van der Waals surface area contributed by atoms with Crippen LogP contribution in [0.1, 0.15) is 6.42 Å². The summed E-state index contributed by atoms with van der Waals surface area (Å²) in [5.41, 5.74) is 0. The number of methoxy groups -OCH3 is 1. The fraction of sp³-hybridized carbons (Fsp3) is 0.500. The Hall–Kier alpha value is 0.984. The predicted molar refractivity (Wildman–Crippen MR) is 49.6 cm³/mol. The van der Waals surface area contributed by atoms with Crippen molar-refractivity contribution in [1.82, 2.24) is 0 Å². The van der Waals surface area contributed by atoms with E-state index < -0.39 is 0 Å². The maximum absolute atomic E-state index is 4.84. The number of hydrogen-bond donors (Lipinski definition) is 0. The first-order valence-corrected chi connectivity index (χ1v) is 3.99. The molecule has 95 valence electrons. The van der Waals surface area contributed by atoms with E-state index >= 15 is 0 Å². The summed E-state index contributed by atoms with van der Waals surface area (Å²) < 4.78 is 9.53. The van der Waals surface area contributed by atoms with E-state index in [-0.39, 0.29) is 58.9 Å². The molecule has 0 amide bonds. The summed E-state index contributed by atoms with van der Waals surface area (Å²) in [5.74, 6) is 0. The van der Waals surface area contributed by atoms with E-state index in [0.717, 1.165) is 6.42 Å². The van der Waals surface area contributed by atoms with Crippen LogP contribution in [0.15, 0.2) is 18.2 Å². The summed E-state index contributed by atoms with van der Waals surface area (Å²) in [4.78, 5) is 0. The van der Waals surface area contributed by atoms with E-state index in [1.54, 1.807) is 7.11 Å². The van der Waals surface area contributed by atoms with Crippen molar-refractivity contribution in [2.24, 2.45) is 0 Å². The van der Waals surface area contributed by atoms with Gasteiger partial charge in [0.15, 0.2) is 0 Å². The van der Waals surface area contributed by atoms with Gasteiger partial charge in [0.05, 0.1) is 13.2 Å². The molecule has 0 aromatic heterocycles. The van der Waals surface area contributed by atoms with Gasteiger partial charge in [0.2, 0.25) is 0 Å². The Kier molecular flexibility index (Phi) is 56.2. The fourth-order valence-corrected chi connectivity index (χ4v) is 0.585. The number of allylic oxidation sites excluding steroid dienone is 4. The Morgan fingerprint density at radius 1 is 1.25 bits per heavy atom. The van der Waals surface area contributed by atoms with Gasteiger partial charge in [0.25, 0.3) is 0 Å². The van der Waals surface area contributed by atoms with Gasteiger partial charge in [-0.3, -0.25) is 6.08 Å². The smallest absolute Gasteiger partial charge is 1.00 e. The van der Waals surface area contributed by atoms with E-state index in [1.165, 1.54) is 0 Å². The molecule has 0 spiro atoms. The van der Waals surface area contributed by atoms with Gasteiger partial charge in [-0.15, -0.1) is 6.42 Å². The summed E-state index contributed by atoms with van der Waals surface area (Å²) in [5, 5.41) is 0. The Balaban J connectivity index is -0.0000000411. The molecule has 0 fully saturated rings. The molecule has 16 heavy (non-hydrogen) atoms. The molecule has 0 atom stereocenters. The van der Waals surface area contributed by atoms with Crippen LogP contribution in [0.25, 0.3) is 0 Å². The van der Waals surface area contributed by atoms with Gasteiger partial charge in [-0.05, 0) is 0 Å². The fourth-order valence-electron chi connectivity index (χ4n) is 0.585. The number of hydrogen-bond acceptors (Lipinski definition) is 2. The van der Waals surface area contributed by atoms with Crippen LogP contribution in [-0.2, 0) is 31.2 Å². The molecule has 1 aliphatic rings. The van der Waals surface area contributed by atoms with Gasteiger partial charge >= 0.3 is 21.7 Å². The minimum atomic E-state index is 0. The van der Waals surface area contributed by atoms with E-state index in [0.29, 0.717) is 19.8 Å². The molecule has 0 aliphatic heterocycles. The third-order valence-electron chi connectivity index (χ3n) is 1.16. The molecule has 0 saturated carbocycles. The van der Waals surface area contributed by atoms with Gasteiger partial charge in [-0.2, -0.15) is 6.08 Å². The van der Waals surface area contributed by atoms with Crippen molar-refractivity contribution in [2.75, 3.05) is 26.9 Å². The molecule has 2 nitrogen and oxygen atoms in total. The second kappa shape index (κ2) is 29.7. The molecule has 0 aromatic carbocycles. The second-order valence-electron chi connectivity index (χ2n) is 2.11. The second-order valence-corrected chi connectivity index (χ2v) is 2.11. The molecule has 0 heterocycles. The molecule has 0 aromatic rings. The molecular formula is C10H16Cl3O2Ti-2. The zero-order valence-electron chi connectivity index (χ0n) is 9.22. The number of rotatable bonds is 4. The first-order valence-electron chi connectivity index (χ1n) is 3.99. The van der Waals surface area contributed by atoms with Gasteiger partial charge < -0.3 is 53.6 Å². The van der Waals surface area contributed by atoms with Crippen LogP contribution in [0.2, 0.25) is 0 Å². The van der Waals surface area contributed by atoms with Crippen molar-refractivity contribution < 1.29 is 68.4 Å². The third kappa shape index (κ3) is 29.4. The van der Waals surface area contributed by atoms with Crippen molar-refractivity contribution in [2.45, 2.75) is 6.42 Å². The summed E-state index contributed by atoms with van der Waals surface area (Å²) in [7, 11) is 1.65. The molecule has 0 bridgehead atoms. The minimum Gasteiger partial charge on any atom is -1.00 e. The normalized spacial score (nSPS) is 9.62. The summed E-state index contributed by atoms with van der Waals surface area (Å²) in [6.07, 6.45) is 10.0. The summed E-state index contributed by atoms with van der Waals surface area (Å²) in [6, 6.07) is 0. The molecule has 0 saturated heterocycles. The average molecular weight is 322 g/mol. The maximum Gasteiger partial charge on any atom is 3.00 e. The van der Waals surface area contributed by atoms with Crippen molar-refractivity contribution in [3.8, 4) is 0 Å². The quantitative estimate of drug-likeness (QED) is 0.291. The first-order chi connectivity index (χ1) is 5.91. The van der Waals surface area contributed by atoms with Crippen LogP contribution in [0, 0.1) is 13.0 Å². The van der Waals surface area contributed by atoms with Gasteiger partial charge in [-0.25, -0.2) is 12.2 Å². The van der Waals surface area contributed by atoms with Gasteiger partial charge in [-0.1, -0.05) is 6.61 Å². The van der Waals surface area contributed by atoms with Crippen LogP contribution in [0.3, 0.4) is 0 Å². The topological polar surface area (TPSA) is 18.5 Å². The van der Waals surface area contributed by atoms with Crippen molar-refractivity contribution >= 4 is 0 Å². The first kappa shape index (κ1) is 30.2. The average Bonchev–Trinajstić information content (AvgIpc) is 2.62. The zero-order valence-corrected chi connectivity index (χ0v) is 13.0. The van der Waals surface area contributed by atoms with E-state index in [1.807, 2.05) is 12.2 Å². The van der Waals surface area contributed by atoms with Crippen LogP contribution in [0.5, 0.6) is 0 Å². The SMILES string of the molecule is [C-]1=CC=CC1.[CH2-]COCCOC.[Cl-].[Cl-].[Cl-].[Ti+3]. The molecule has 0 unspecified atom stereocenters. The van der Waals surface area contributed by atoms with E-state index in [2.05, 4.69) is 19.1 Å². The largest absolute Gasteiger partial charge is 3.00 e. The van der Waals surface area contributed by atoms with Crippen molar-refractivity contribution in [3.63, 3.8) is 0 Å². The Bertz CT molecular complexity index is 130. The van der Waals surface area contributed by atoms with Crippen LogP contribution in [0.4, 0.5) is 0 Å². The Morgan fingerprint density at radius 2 is 1.88 bits per heavy atom. The molecule has 0 N–H and O–H groups in total.